The van der Waals surface area contributed by atoms with Gasteiger partial charge in [0.15, 0.2) is 11.6 Å². The average molecular weight is 575 g/mol. The third-order valence-electron chi connectivity index (χ3n) is 6.98. The topological polar surface area (TPSA) is 90.7 Å². The van der Waals surface area contributed by atoms with Gasteiger partial charge in [-0.1, -0.05) is 63.3 Å². The standard InChI is InChI=1S/C34H50N6O2/c1-6-10-11-20-30-26-38-32(17-7-2)40(35-5)33(30)37-23-15-12-18-28(8-3)25-36-22-14-13-19-29(9-4)34(41)39-27-31-21-16-24-42-31/h6,8,11-12,15,17-18,20,23,26,29,31,36H,1,3,5,7,9-10,13-14,16,19,21-22,24-25,27H2,2,4H3,(H,39,41)/b15-12+,20-11+,28-18+,32-17-,37-23+. The van der Waals surface area contributed by atoms with E-state index in [1.54, 1.807) is 17.4 Å². The van der Waals surface area contributed by atoms with E-state index in [9.17, 15) is 4.79 Å². The number of hydrazone groups is 1. The van der Waals surface area contributed by atoms with Crippen molar-refractivity contribution in [2.45, 2.75) is 71.3 Å². The summed E-state index contributed by atoms with van der Waals surface area (Å²) in [7, 11) is 0. The molecule has 2 N–H and O–H groups in total. The lowest BCUT2D eigenvalue weighted by Gasteiger charge is -2.23. The molecule has 0 aromatic rings. The largest absolute Gasteiger partial charge is 0.376 e. The molecule has 42 heavy (non-hydrogen) atoms. The smallest absolute Gasteiger partial charge is 0.223 e. The molecule has 8 nitrogen and oxygen atoms in total. The normalized spacial score (nSPS) is 19.5. The summed E-state index contributed by atoms with van der Waals surface area (Å²) in [5, 5.41) is 12.4. The molecule has 1 fully saturated rings. The molecule has 2 aliphatic heterocycles. The summed E-state index contributed by atoms with van der Waals surface area (Å²) in [5.74, 6) is 1.59. The van der Waals surface area contributed by atoms with Gasteiger partial charge < -0.3 is 15.4 Å². The van der Waals surface area contributed by atoms with Crippen molar-refractivity contribution < 1.29 is 9.53 Å². The molecule has 2 atom stereocenters. The number of carbonyl (C=O) groups excluding carboxylic acids is 1. The van der Waals surface area contributed by atoms with Crippen LogP contribution >= 0.6 is 0 Å². The maximum absolute atomic E-state index is 12.5. The predicted molar refractivity (Wildman–Crippen MR) is 178 cm³/mol. The van der Waals surface area contributed by atoms with E-state index in [1.165, 1.54) is 0 Å². The minimum absolute atomic E-state index is 0.0707. The molecule has 1 saturated heterocycles. The number of rotatable bonds is 20. The fourth-order valence-electron chi connectivity index (χ4n) is 4.58. The van der Waals surface area contributed by atoms with Gasteiger partial charge in [0.2, 0.25) is 5.91 Å². The molecule has 0 aliphatic carbocycles. The lowest BCUT2D eigenvalue weighted by atomic mass is 9.98. The second-order valence-corrected chi connectivity index (χ2v) is 10.2. The summed E-state index contributed by atoms with van der Waals surface area (Å²) in [6.07, 6.45) is 26.7. The second kappa shape index (κ2) is 21.1. The zero-order valence-electron chi connectivity index (χ0n) is 25.6. The van der Waals surface area contributed by atoms with Crippen LogP contribution in [0.4, 0.5) is 0 Å². The first-order chi connectivity index (χ1) is 20.6. The number of carbonyl (C=O) groups is 1. The summed E-state index contributed by atoms with van der Waals surface area (Å²) in [4.78, 5) is 21.7. The predicted octanol–water partition coefficient (Wildman–Crippen LogP) is 6.40. The minimum Gasteiger partial charge on any atom is -0.376 e. The lowest BCUT2D eigenvalue weighted by Crippen LogP contribution is -2.36. The third-order valence-corrected chi connectivity index (χ3v) is 6.98. The van der Waals surface area contributed by atoms with Crippen molar-refractivity contribution in [1.82, 2.24) is 15.6 Å². The first-order valence-electron chi connectivity index (χ1n) is 15.2. The summed E-state index contributed by atoms with van der Waals surface area (Å²) >= 11 is 0. The van der Waals surface area contributed by atoms with Crippen LogP contribution in [0.3, 0.4) is 0 Å². The third kappa shape index (κ3) is 12.5. The Morgan fingerprint density at radius 2 is 2.14 bits per heavy atom. The van der Waals surface area contributed by atoms with Gasteiger partial charge in [-0.05, 0) is 69.2 Å². The molecule has 1 amide bonds. The molecular formula is C34H50N6O2. The van der Waals surface area contributed by atoms with Gasteiger partial charge in [0.25, 0.3) is 0 Å². The molecule has 0 radical (unpaired) electrons. The minimum atomic E-state index is 0.0707. The van der Waals surface area contributed by atoms with Crippen LogP contribution in [-0.4, -0.2) is 62.4 Å². The monoisotopic (exact) mass is 574 g/mol. The number of ether oxygens (including phenoxy) is 1. The Labute approximate surface area is 253 Å². The Hall–Kier alpha value is -3.62. The van der Waals surface area contributed by atoms with Gasteiger partial charge in [0.05, 0.1) is 6.10 Å². The number of allylic oxidation sites excluding steroid dienone is 8. The van der Waals surface area contributed by atoms with Crippen LogP contribution in [0.1, 0.15) is 65.2 Å². The number of nitrogens with zero attached hydrogens (tertiary/aromatic N) is 4. The molecule has 2 rings (SSSR count). The molecule has 2 aliphatic rings. The summed E-state index contributed by atoms with van der Waals surface area (Å²) < 4.78 is 5.61. The van der Waals surface area contributed by atoms with E-state index < -0.39 is 0 Å². The van der Waals surface area contributed by atoms with E-state index in [1.807, 2.05) is 48.6 Å². The fraction of sp³-hybridized carbons (Fsp3) is 0.471. The van der Waals surface area contributed by atoms with Gasteiger partial charge in [-0.3, -0.25) is 4.79 Å². The van der Waals surface area contributed by atoms with Gasteiger partial charge in [0, 0.05) is 50.3 Å². The quantitative estimate of drug-likeness (QED) is 0.0762. The van der Waals surface area contributed by atoms with Crippen LogP contribution in [0.2, 0.25) is 0 Å². The van der Waals surface area contributed by atoms with E-state index in [0.29, 0.717) is 18.2 Å². The van der Waals surface area contributed by atoms with E-state index in [2.05, 4.69) is 59.4 Å². The highest BCUT2D eigenvalue weighted by Crippen LogP contribution is 2.24. The molecule has 228 valence electrons. The number of hydrogen-bond acceptors (Lipinski definition) is 7. The average Bonchev–Trinajstić information content (AvgIpc) is 3.53. The van der Waals surface area contributed by atoms with Crippen molar-refractivity contribution in [3.8, 4) is 0 Å². The van der Waals surface area contributed by atoms with Crippen LogP contribution in [-0.2, 0) is 9.53 Å². The maximum Gasteiger partial charge on any atom is 0.223 e. The van der Waals surface area contributed by atoms with Crippen molar-refractivity contribution in [3.63, 3.8) is 0 Å². The van der Waals surface area contributed by atoms with E-state index >= 15 is 0 Å². The number of unbranched alkanes of at least 4 members (excludes halogenated alkanes) is 1. The molecule has 0 saturated carbocycles. The van der Waals surface area contributed by atoms with Crippen LogP contribution in [0.25, 0.3) is 0 Å². The second-order valence-electron chi connectivity index (χ2n) is 10.2. The number of nitrogens with one attached hydrogen (secondary N) is 2. The highest BCUT2D eigenvalue weighted by molar-refractivity contribution is 5.86. The number of amides is 1. The van der Waals surface area contributed by atoms with Gasteiger partial charge in [-0.25, -0.2) is 9.98 Å². The van der Waals surface area contributed by atoms with Crippen LogP contribution < -0.4 is 10.6 Å². The Balaban J connectivity index is 1.81. The summed E-state index contributed by atoms with van der Waals surface area (Å²) in [6, 6.07) is 0. The van der Waals surface area contributed by atoms with Crippen molar-refractivity contribution in [3.05, 3.63) is 84.6 Å². The van der Waals surface area contributed by atoms with Gasteiger partial charge in [-0.2, -0.15) is 10.1 Å². The molecule has 2 unspecified atom stereocenters. The summed E-state index contributed by atoms with van der Waals surface area (Å²) in [5.41, 5.74) is 1.93. The number of hydrogen-bond donors (Lipinski definition) is 2. The van der Waals surface area contributed by atoms with Crippen molar-refractivity contribution >= 4 is 25.1 Å². The first kappa shape index (κ1) is 34.6. The molecule has 2 heterocycles. The SMILES string of the molecule is C=CC/C=C/C1=C(/N=C/C=C/C=C(\C=C)CNCCCCC(CC)C(=O)NCC2CCCO2)N(N=C)/C(=C\CC)N=C1. The van der Waals surface area contributed by atoms with Crippen LogP contribution in [0, 0.1) is 5.92 Å². The van der Waals surface area contributed by atoms with E-state index in [-0.39, 0.29) is 17.9 Å². The molecule has 0 spiro atoms. The Morgan fingerprint density at radius 3 is 2.83 bits per heavy atom. The van der Waals surface area contributed by atoms with Gasteiger partial charge in [0.1, 0.15) is 0 Å². The molecular weight excluding hydrogens is 524 g/mol. The lowest BCUT2D eigenvalue weighted by molar-refractivity contribution is -0.125. The highest BCUT2D eigenvalue weighted by atomic mass is 16.5. The van der Waals surface area contributed by atoms with Gasteiger partial charge in [-0.15, -0.1) is 6.58 Å². The molecule has 8 heteroatoms. The Bertz CT molecular complexity index is 1090. The highest BCUT2D eigenvalue weighted by Gasteiger charge is 2.20. The van der Waals surface area contributed by atoms with Crippen molar-refractivity contribution in [1.29, 1.82) is 0 Å². The molecule has 0 aromatic carbocycles. The maximum atomic E-state index is 12.5. The molecule has 0 bridgehead atoms. The van der Waals surface area contributed by atoms with Crippen LogP contribution in [0.5, 0.6) is 0 Å². The zero-order chi connectivity index (χ0) is 30.4. The van der Waals surface area contributed by atoms with E-state index in [4.69, 9.17) is 4.74 Å². The fourth-order valence-corrected chi connectivity index (χ4v) is 4.58. The molecule has 0 aromatic heterocycles. The Kier molecular flexibility index (Phi) is 17.4. The first-order valence-corrected chi connectivity index (χ1v) is 15.2. The van der Waals surface area contributed by atoms with E-state index in [0.717, 1.165) is 82.2 Å². The summed E-state index contributed by atoms with van der Waals surface area (Å²) in [6.45, 7) is 18.6. The number of aliphatic imine (C=N–C) groups is 2. The Morgan fingerprint density at radius 1 is 1.29 bits per heavy atom. The zero-order valence-corrected chi connectivity index (χ0v) is 25.6. The van der Waals surface area contributed by atoms with Crippen molar-refractivity contribution in [2.75, 3.05) is 26.2 Å². The van der Waals surface area contributed by atoms with Crippen molar-refractivity contribution in [2.24, 2.45) is 21.0 Å². The van der Waals surface area contributed by atoms with Crippen LogP contribution in [0.15, 0.2) is 99.6 Å². The van der Waals surface area contributed by atoms with Gasteiger partial charge >= 0.3 is 0 Å².